The molecular weight excluding hydrogens is 769 g/mol. The van der Waals surface area contributed by atoms with Gasteiger partial charge in [-0.05, 0) is 88.2 Å². The monoisotopic (exact) mass is 819 g/mol. The minimum Gasteiger partial charge on any atom is -0.464 e. The largest absolute Gasteiger partial charge is 0.464 e. The summed E-state index contributed by atoms with van der Waals surface area (Å²) >= 11 is 1.56. The Morgan fingerprint density at radius 1 is 1.18 bits per heavy atom. The molecule has 4 fully saturated rings. The molecule has 7 heterocycles. The number of benzene rings is 1. The lowest BCUT2D eigenvalue weighted by atomic mass is 9.83. The number of esters is 1. The number of nitrogens with zero attached hydrogens (tertiary/aromatic N) is 5. The van der Waals surface area contributed by atoms with E-state index in [-0.39, 0.29) is 35.5 Å². The summed E-state index contributed by atoms with van der Waals surface area (Å²) in [5, 5.41) is 4.15. The van der Waals surface area contributed by atoms with E-state index < -0.39 is 27.1 Å². The summed E-state index contributed by atoms with van der Waals surface area (Å²) in [4.78, 5) is 55.4. The maximum atomic E-state index is 14.9. The lowest BCUT2D eigenvalue weighted by molar-refractivity contribution is -0.158. The minimum absolute atomic E-state index is 0.0116. The third-order valence-corrected chi connectivity index (χ3v) is 17.3. The van der Waals surface area contributed by atoms with E-state index in [4.69, 9.17) is 19.4 Å². The zero-order chi connectivity index (χ0) is 40.3. The van der Waals surface area contributed by atoms with Gasteiger partial charge in [-0.1, -0.05) is 26.8 Å². The molecule has 1 saturated carbocycles. The zero-order valence-corrected chi connectivity index (χ0v) is 36.8. The van der Waals surface area contributed by atoms with Crippen LogP contribution in [-0.2, 0) is 48.5 Å². The molecule has 6 atom stereocenters. The number of hydrazine groups is 1. The van der Waals surface area contributed by atoms with Crippen molar-refractivity contribution in [3.8, 4) is 22.5 Å². The number of carbonyl (C=O) groups is 3. The first kappa shape index (κ1) is 38.8. The standard InChI is InChI=1S/C43H51N6O5SSi2/c1-8-40(5)16-19-48(40)38(52)43-36(57-43)42(43)22-32-45-30(23-55-32)25-14-15-31-27(20-25)28(33(47(31)9-2)26-12-10-17-44-34(26)41(6,56)53-7)21-39(3,4)24-54-35(50)29-13-11-18-49(46-29)37(42)51/h10,12,14-15,17,20,23,29,36,46H,8-9,11,13,16,18-19,21-22,24H2,1-7H3/t29-,36?,40+,41?,42+,43+/m0/s1. The van der Waals surface area contributed by atoms with E-state index in [0.717, 1.165) is 75.6 Å². The molecule has 1 aromatic carbocycles. The van der Waals surface area contributed by atoms with Crippen molar-refractivity contribution in [1.29, 1.82) is 0 Å². The molecular formula is C43H51N6O5SSi2. The predicted octanol–water partition coefficient (Wildman–Crippen LogP) is 6.06. The van der Waals surface area contributed by atoms with E-state index in [9.17, 15) is 14.4 Å². The van der Waals surface area contributed by atoms with Crippen LogP contribution in [0.4, 0.5) is 0 Å². The van der Waals surface area contributed by atoms with Gasteiger partial charge in [0.2, 0.25) is 11.8 Å². The van der Waals surface area contributed by atoms with E-state index in [2.05, 4.69) is 84.5 Å². The van der Waals surface area contributed by atoms with Crippen molar-refractivity contribution in [2.75, 3.05) is 26.8 Å². The topological polar surface area (TPSA) is 119 Å². The first-order valence-corrected chi connectivity index (χ1v) is 22.8. The highest BCUT2D eigenvalue weighted by Crippen LogP contribution is 2.95. The Kier molecular flexibility index (Phi) is 9.13. The zero-order valence-electron chi connectivity index (χ0n) is 34.0. The molecule has 1 spiro atoms. The second kappa shape index (κ2) is 13.4. The number of carbonyl (C=O) groups excluding carboxylic acids is 3. The number of fused-ring (bicyclic) bond motifs is 9. The van der Waals surface area contributed by atoms with E-state index in [1.54, 1.807) is 29.7 Å². The SMILES string of the molecule is CCn1c(-c2cccnc2C(C)([Si])OC)c2c3cc(ccc31)-c1csc(n1)C[C@]1(C(=O)N3CCC[C@H](N3)C(=O)OCC(C)(C)C2)C2[Si][C@@]21C(=O)N1CC[C@@]1(C)CC. The number of methoxy groups -OCH3 is 1. The van der Waals surface area contributed by atoms with Gasteiger partial charge >= 0.3 is 5.97 Å². The van der Waals surface area contributed by atoms with Crippen LogP contribution in [0.5, 0.6) is 0 Å². The van der Waals surface area contributed by atoms with Crippen molar-refractivity contribution < 1.29 is 23.9 Å². The van der Waals surface area contributed by atoms with Crippen LogP contribution in [0.15, 0.2) is 41.9 Å². The maximum absolute atomic E-state index is 14.9. The number of likely N-dealkylation sites (tertiary alicyclic amines) is 1. The second-order valence-corrected chi connectivity index (χ2v) is 21.4. The Bertz CT molecular complexity index is 2320. The molecule has 2 amide bonds. The number of amides is 2. The molecule has 1 N–H and O–H groups in total. The van der Waals surface area contributed by atoms with Crippen LogP contribution < -0.4 is 5.43 Å². The number of nitrogens with one attached hydrogen (secondary N) is 1. The van der Waals surface area contributed by atoms with Crippen LogP contribution >= 0.6 is 11.3 Å². The summed E-state index contributed by atoms with van der Waals surface area (Å²) in [7, 11) is 5.95. The maximum Gasteiger partial charge on any atom is 0.324 e. The third-order valence-electron chi connectivity index (χ3n) is 13.7. The Morgan fingerprint density at radius 2 is 1.98 bits per heavy atom. The van der Waals surface area contributed by atoms with Crippen molar-refractivity contribution in [2.45, 2.75) is 114 Å². The number of aromatic nitrogens is 3. The van der Waals surface area contributed by atoms with Gasteiger partial charge < -0.3 is 18.9 Å². The quantitative estimate of drug-likeness (QED) is 0.184. The Labute approximate surface area is 344 Å². The normalized spacial score (nSPS) is 30.3. The molecule has 5 aliphatic rings. The molecule has 57 heavy (non-hydrogen) atoms. The highest BCUT2D eigenvalue weighted by molar-refractivity contribution is 7.10. The highest BCUT2D eigenvalue weighted by atomic mass is 32.1. The van der Waals surface area contributed by atoms with Gasteiger partial charge in [0.15, 0.2) is 0 Å². The second-order valence-electron chi connectivity index (χ2n) is 17.9. The summed E-state index contributed by atoms with van der Waals surface area (Å²) in [6.07, 6.45) is 5.89. The van der Waals surface area contributed by atoms with Crippen molar-refractivity contribution >= 4 is 59.8 Å². The molecule has 2 unspecified atom stereocenters. The van der Waals surface area contributed by atoms with Gasteiger partial charge in [-0.15, -0.1) is 11.3 Å². The van der Waals surface area contributed by atoms with Crippen LogP contribution in [0.25, 0.3) is 33.4 Å². The molecule has 11 nitrogen and oxygen atoms in total. The van der Waals surface area contributed by atoms with Gasteiger partial charge in [-0.3, -0.25) is 24.4 Å². The van der Waals surface area contributed by atoms with Gasteiger partial charge in [0.1, 0.15) is 6.04 Å². The highest BCUT2D eigenvalue weighted by Gasteiger charge is 2.96. The molecule has 297 valence electrons. The molecule has 3 aromatic heterocycles. The number of aryl methyl sites for hydroxylation is 1. The Balaban J connectivity index is 1.18. The van der Waals surface area contributed by atoms with Gasteiger partial charge in [0.05, 0.1) is 64.1 Å². The molecule has 3 saturated heterocycles. The van der Waals surface area contributed by atoms with Gasteiger partial charge in [-0.25, -0.2) is 10.4 Å². The van der Waals surface area contributed by atoms with Gasteiger partial charge in [0, 0.05) is 77.7 Å². The average Bonchev–Trinajstić information content (AvgIpc) is 3.97. The van der Waals surface area contributed by atoms with Crippen LogP contribution in [0.3, 0.4) is 0 Å². The summed E-state index contributed by atoms with van der Waals surface area (Å²) in [5.41, 5.74) is 8.62. The van der Waals surface area contributed by atoms with Crippen molar-refractivity contribution in [3.05, 3.63) is 58.2 Å². The van der Waals surface area contributed by atoms with E-state index >= 15 is 0 Å². The third kappa shape index (κ3) is 5.78. The fourth-order valence-electron chi connectivity index (χ4n) is 9.89. The molecule has 9 rings (SSSR count). The smallest absolute Gasteiger partial charge is 0.324 e. The number of pyridine rings is 1. The number of hydrogen-bond donors (Lipinski definition) is 1. The average molecular weight is 820 g/mol. The van der Waals surface area contributed by atoms with E-state index in [1.165, 1.54) is 0 Å². The lowest BCUT2D eigenvalue weighted by Gasteiger charge is -2.52. The Hall–Kier alpha value is -3.70. The molecule has 6 bridgehead atoms. The lowest BCUT2D eigenvalue weighted by Crippen LogP contribution is -2.62. The van der Waals surface area contributed by atoms with Crippen molar-refractivity contribution in [3.63, 3.8) is 0 Å². The van der Waals surface area contributed by atoms with E-state index in [0.29, 0.717) is 41.7 Å². The first-order chi connectivity index (χ1) is 27.1. The number of thiazole rings is 1. The number of ether oxygens (including phenoxy) is 2. The number of cyclic esters (lactones) is 1. The van der Waals surface area contributed by atoms with Crippen LogP contribution in [-0.4, -0.2) is 100 Å². The van der Waals surface area contributed by atoms with Crippen LogP contribution in [0.1, 0.15) is 83.5 Å². The number of rotatable bonds is 6. The minimum atomic E-state index is -0.883. The van der Waals surface area contributed by atoms with Crippen LogP contribution in [0.2, 0.25) is 10.6 Å². The summed E-state index contributed by atoms with van der Waals surface area (Å²) < 4.78 is 14.4. The van der Waals surface area contributed by atoms with Crippen molar-refractivity contribution in [2.24, 2.45) is 10.8 Å². The predicted molar refractivity (Wildman–Crippen MR) is 222 cm³/mol. The van der Waals surface area contributed by atoms with Gasteiger partial charge in [-0.2, -0.15) is 0 Å². The Morgan fingerprint density at radius 3 is 2.68 bits per heavy atom. The van der Waals surface area contributed by atoms with Crippen LogP contribution in [0, 0.1) is 10.8 Å². The first-order valence-electron chi connectivity index (χ1n) is 20.3. The fourth-order valence-corrected chi connectivity index (χ4v) is 13.2. The summed E-state index contributed by atoms with van der Waals surface area (Å²) in [6, 6.07) is 9.95. The molecule has 4 aromatic rings. The summed E-state index contributed by atoms with van der Waals surface area (Å²) in [5.74, 6) is -0.326. The molecule has 14 heteroatoms. The van der Waals surface area contributed by atoms with Crippen molar-refractivity contribution in [1.82, 2.24) is 29.9 Å². The molecule has 5 radical (unpaired) electrons. The summed E-state index contributed by atoms with van der Waals surface area (Å²) in [6.45, 7) is 14.8. The number of hydrogen-bond acceptors (Lipinski definition) is 9. The molecule has 1 aliphatic carbocycles. The van der Waals surface area contributed by atoms with Gasteiger partial charge in [0.25, 0.3) is 0 Å². The molecule has 4 aliphatic heterocycles. The van der Waals surface area contributed by atoms with E-state index in [1.807, 2.05) is 17.9 Å². The fraction of sp³-hybridized carbons (Fsp3) is 0.558.